The van der Waals surface area contributed by atoms with Crippen molar-refractivity contribution in [2.45, 2.75) is 12.8 Å². The Morgan fingerprint density at radius 2 is 2.00 bits per heavy atom. The lowest BCUT2D eigenvalue weighted by Crippen LogP contribution is -2.07. The molecule has 0 fully saturated rings. The fourth-order valence-electron chi connectivity index (χ4n) is 0.620. The van der Waals surface area contributed by atoms with Crippen LogP contribution in [0.25, 0.3) is 0 Å². The van der Waals surface area contributed by atoms with Gasteiger partial charge >= 0.3 is 7.60 Å². The molecule has 0 atom stereocenters. The van der Waals surface area contributed by atoms with Crippen LogP contribution in [0.1, 0.15) is 12.8 Å². The van der Waals surface area contributed by atoms with Crippen LogP contribution in [0, 0.1) is 0 Å². The maximum absolute atomic E-state index is 10.3. The zero-order valence-electron chi connectivity index (χ0n) is 6.08. The Labute approximate surface area is 60.8 Å². The topological polar surface area (TPSA) is 69.6 Å². The van der Waals surface area contributed by atoms with Crippen molar-refractivity contribution in [1.29, 1.82) is 0 Å². The van der Waals surface area contributed by atoms with E-state index >= 15 is 0 Å². The van der Waals surface area contributed by atoms with Gasteiger partial charge in [-0.2, -0.15) is 0 Å². The summed E-state index contributed by atoms with van der Waals surface area (Å²) in [6.07, 6.45) is 1.42. The van der Waals surface area contributed by atoms with E-state index in [1.54, 1.807) is 0 Å². The van der Waals surface area contributed by atoms with Crippen LogP contribution < -0.4 is 5.32 Å². The lowest BCUT2D eigenvalue weighted by molar-refractivity contribution is 0.371. The minimum Gasteiger partial charge on any atom is -0.324 e. The van der Waals surface area contributed by atoms with Gasteiger partial charge in [-0.15, -0.1) is 0 Å². The van der Waals surface area contributed by atoms with E-state index in [1.807, 2.05) is 7.05 Å². The van der Waals surface area contributed by atoms with E-state index in [4.69, 9.17) is 9.79 Å². The van der Waals surface area contributed by atoms with Crippen LogP contribution in [0.5, 0.6) is 0 Å². The Kier molecular flexibility index (Phi) is 4.91. The molecule has 62 valence electrons. The highest BCUT2D eigenvalue weighted by Gasteiger charge is 2.10. The second-order valence-electron chi connectivity index (χ2n) is 2.20. The second kappa shape index (κ2) is 4.85. The molecule has 0 bridgehead atoms. The summed E-state index contributed by atoms with van der Waals surface area (Å²) < 4.78 is 10.3. The third-order valence-electron chi connectivity index (χ3n) is 1.13. The van der Waals surface area contributed by atoms with E-state index in [0.717, 1.165) is 13.0 Å². The van der Waals surface area contributed by atoms with Crippen molar-refractivity contribution in [3.63, 3.8) is 0 Å². The lowest BCUT2D eigenvalue weighted by Gasteiger charge is -2.01. The Hall–Kier alpha value is 0.110. The minimum atomic E-state index is -3.73. The first-order chi connectivity index (χ1) is 4.56. The molecule has 4 nitrogen and oxygen atoms in total. The molecular formula is C5H14NO3P. The van der Waals surface area contributed by atoms with Gasteiger partial charge in [0.2, 0.25) is 0 Å². The molecule has 0 unspecified atom stereocenters. The molecule has 0 aromatic heterocycles. The molecule has 3 N–H and O–H groups in total. The first-order valence-electron chi connectivity index (χ1n) is 3.25. The van der Waals surface area contributed by atoms with Crippen LogP contribution >= 0.6 is 7.60 Å². The van der Waals surface area contributed by atoms with E-state index < -0.39 is 7.60 Å². The van der Waals surface area contributed by atoms with Gasteiger partial charge in [-0.25, -0.2) is 0 Å². The highest BCUT2D eigenvalue weighted by Crippen LogP contribution is 2.35. The van der Waals surface area contributed by atoms with Crippen LogP contribution in [0.4, 0.5) is 0 Å². The van der Waals surface area contributed by atoms with Crippen molar-refractivity contribution in [1.82, 2.24) is 5.32 Å². The van der Waals surface area contributed by atoms with Gasteiger partial charge in [0.25, 0.3) is 0 Å². The van der Waals surface area contributed by atoms with E-state index in [2.05, 4.69) is 5.32 Å². The summed E-state index contributed by atoms with van der Waals surface area (Å²) in [7, 11) is -1.92. The molecule has 0 radical (unpaired) electrons. The van der Waals surface area contributed by atoms with Crippen LogP contribution in [0.2, 0.25) is 0 Å². The quantitative estimate of drug-likeness (QED) is 0.403. The molecule has 0 aromatic carbocycles. The number of hydrogen-bond donors (Lipinski definition) is 3. The van der Waals surface area contributed by atoms with E-state index in [0.29, 0.717) is 6.42 Å². The average Bonchev–Trinajstić information content (AvgIpc) is 1.78. The van der Waals surface area contributed by atoms with Crippen molar-refractivity contribution in [2.75, 3.05) is 19.8 Å². The Morgan fingerprint density at radius 1 is 1.40 bits per heavy atom. The molecule has 10 heavy (non-hydrogen) atoms. The maximum Gasteiger partial charge on any atom is 0.325 e. The van der Waals surface area contributed by atoms with Gasteiger partial charge in [0.1, 0.15) is 0 Å². The van der Waals surface area contributed by atoms with Crippen LogP contribution in [-0.4, -0.2) is 29.5 Å². The maximum atomic E-state index is 10.3. The standard InChI is InChI=1S/C5H14NO3P/c1-6-4-2-3-5-10(7,8)9/h6H,2-5H2,1H3,(H2,7,8,9). The summed E-state index contributed by atoms with van der Waals surface area (Å²) in [5.41, 5.74) is 0. The van der Waals surface area contributed by atoms with E-state index in [1.165, 1.54) is 0 Å². The fraction of sp³-hybridized carbons (Fsp3) is 1.00. The highest BCUT2D eigenvalue weighted by molar-refractivity contribution is 7.51. The van der Waals surface area contributed by atoms with Gasteiger partial charge in [0, 0.05) is 6.16 Å². The predicted molar refractivity (Wildman–Crippen MR) is 40.1 cm³/mol. The first kappa shape index (κ1) is 10.1. The molecule has 0 saturated heterocycles. The molecular weight excluding hydrogens is 153 g/mol. The van der Waals surface area contributed by atoms with Gasteiger partial charge in [0.05, 0.1) is 0 Å². The summed E-state index contributed by atoms with van der Waals surface area (Å²) in [6.45, 7) is 0.819. The van der Waals surface area contributed by atoms with Crippen LogP contribution in [0.3, 0.4) is 0 Å². The number of rotatable bonds is 5. The molecule has 0 aliphatic carbocycles. The second-order valence-corrected chi connectivity index (χ2v) is 3.98. The molecule has 0 saturated carbocycles. The minimum absolute atomic E-state index is 0.00861. The van der Waals surface area contributed by atoms with Crippen molar-refractivity contribution in [3.8, 4) is 0 Å². The van der Waals surface area contributed by atoms with E-state index in [9.17, 15) is 4.57 Å². The zero-order chi connectivity index (χ0) is 8.04. The molecule has 0 aromatic rings. The van der Waals surface area contributed by atoms with Gasteiger partial charge in [-0.05, 0) is 26.4 Å². The summed E-state index contributed by atoms with van der Waals surface area (Å²) >= 11 is 0. The zero-order valence-corrected chi connectivity index (χ0v) is 6.97. The molecule has 0 aliphatic rings. The largest absolute Gasteiger partial charge is 0.325 e. The van der Waals surface area contributed by atoms with Gasteiger partial charge in [-0.1, -0.05) is 0 Å². The molecule has 0 aliphatic heterocycles. The SMILES string of the molecule is CNCCCCP(=O)(O)O. The van der Waals surface area contributed by atoms with Gasteiger partial charge in [0.15, 0.2) is 0 Å². The molecule has 0 spiro atoms. The average molecular weight is 167 g/mol. The first-order valence-corrected chi connectivity index (χ1v) is 5.05. The molecule has 0 rings (SSSR count). The Bertz CT molecular complexity index is 122. The summed E-state index contributed by atoms with van der Waals surface area (Å²) in [5.74, 6) is 0. The van der Waals surface area contributed by atoms with Crippen molar-refractivity contribution >= 4 is 7.60 Å². The highest BCUT2D eigenvalue weighted by atomic mass is 31.2. The summed E-state index contributed by atoms with van der Waals surface area (Å²) in [4.78, 5) is 16.8. The third-order valence-corrected chi connectivity index (χ3v) is 2.02. The van der Waals surface area contributed by atoms with Crippen LogP contribution in [-0.2, 0) is 4.57 Å². The summed E-state index contributed by atoms with van der Waals surface area (Å²) in [5, 5.41) is 2.90. The molecule has 0 heterocycles. The molecule has 0 amide bonds. The van der Waals surface area contributed by atoms with Gasteiger partial charge in [-0.3, -0.25) is 4.57 Å². The normalized spacial score (nSPS) is 11.9. The predicted octanol–water partition coefficient (Wildman–Crippen LogP) is 0.164. The van der Waals surface area contributed by atoms with Crippen molar-refractivity contribution in [2.24, 2.45) is 0 Å². The van der Waals surface area contributed by atoms with Crippen molar-refractivity contribution < 1.29 is 14.4 Å². The Morgan fingerprint density at radius 3 is 2.40 bits per heavy atom. The third kappa shape index (κ3) is 8.11. The summed E-state index contributed by atoms with van der Waals surface area (Å²) in [6, 6.07) is 0. The van der Waals surface area contributed by atoms with Gasteiger partial charge < -0.3 is 15.1 Å². The molecule has 5 heteroatoms. The monoisotopic (exact) mass is 167 g/mol. The fourth-order valence-corrected chi connectivity index (χ4v) is 1.26. The van der Waals surface area contributed by atoms with Crippen molar-refractivity contribution in [3.05, 3.63) is 0 Å². The number of unbranched alkanes of at least 4 members (excludes halogenated alkanes) is 1. The smallest absolute Gasteiger partial charge is 0.324 e. The number of nitrogens with one attached hydrogen (secondary N) is 1. The Balaban J connectivity index is 3.13. The number of hydrogen-bond acceptors (Lipinski definition) is 2. The lowest BCUT2D eigenvalue weighted by atomic mass is 10.3. The van der Waals surface area contributed by atoms with Crippen LogP contribution in [0.15, 0.2) is 0 Å². The van der Waals surface area contributed by atoms with E-state index in [-0.39, 0.29) is 6.16 Å².